The summed E-state index contributed by atoms with van der Waals surface area (Å²) in [6.45, 7) is 1.44. The van der Waals surface area contributed by atoms with Crippen molar-refractivity contribution < 1.29 is 8.42 Å². The summed E-state index contributed by atoms with van der Waals surface area (Å²) in [5.41, 5.74) is 0. The minimum Gasteiger partial charge on any atom is -0.314 e. The summed E-state index contributed by atoms with van der Waals surface area (Å²) in [5.74, 6) is 1.43. The van der Waals surface area contributed by atoms with Crippen molar-refractivity contribution in [2.45, 2.75) is 49.8 Å². The molecule has 18 heavy (non-hydrogen) atoms. The first-order chi connectivity index (χ1) is 8.66. The molecule has 1 aliphatic heterocycles. The van der Waals surface area contributed by atoms with Crippen LogP contribution in [0.5, 0.6) is 0 Å². The van der Waals surface area contributed by atoms with Crippen LogP contribution in [0.2, 0.25) is 0 Å². The Morgan fingerprint density at radius 2 is 2.00 bits per heavy atom. The summed E-state index contributed by atoms with van der Waals surface area (Å²) in [7, 11) is -3.06. The average molecular weight is 292 g/mol. The van der Waals surface area contributed by atoms with Gasteiger partial charge in [-0.1, -0.05) is 6.42 Å². The van der Waals surface area contributed by atoms with E-state index >= 15 is 0 Å². The van der Waals surface area contributed by atoms with Gasteiger partial charge in [0, 0.05) is 17.8 Å². The molecule has 106 valence electrons. The third-order valence-corrected chi connectivity index (χ3v) is 6.24. The van der Waals surface area contributed by atoms with Gasteiger partial charge in [0.15, 0.2) is 0 Å². The molecule has 0 aromatic carbocycles. The highest BCUT2D eigenvalue weighted by atomic mass is 32.2. The van der Waals surface area contributed by atoms with Gasteiger partial charge in [-0.15, -0.1) is 0 Å². The second-order valence-corrected chi connectivity index (χ2v) is 8.57. The first kappa shape index (κ1) is 14.6. The molecule has 1 aliphatic carbocycles. The molecule has 2 aliphatic rings. The first-order valence-corrected chi connectivity index (χ1v) is 9.68. The smallest absolute Gasteiger partial charge is 0.211 e. The van der Waals surface area contributed by atoms with Gasteiger partial charge in [0.2, 0.25) is 10.0 Å². The van der Waals surface area contributed by atoms with Crippen LogP contribution in [-0.4, -0.2) is 44.3 Å². The van der Waals surface area contributed by atoms with E-state index in [1.54, 1.807) is 0 Å². The molecule has 2 fully saturated rings. The maximum absolute atomic E-state index is 11.8. The summed E-state index contributed by atoms with van der Waals surface area (Å²) in [6, 6.07) is 0.666. The number of thioether (sulfide) groups is 1. The minimum absolute atomic E-state index is 0.254. The molecule has 1 saturated heterocycles. The highest BCUT2D eigenvalue weighted by Gasteiger charge is 2.20. The molecule has 6 heteroatoms. The summed E-state index contributed by atoms with van der Waals surface area (Å²) in [6.07, 6.45) is 6.89. The van der Waals surface area contributed by atoms with E-state index < -0.39 is 10.0 Å². The monoisotopic (exact) mass is 292 g/mol. The molecule has 1 unspecified atom stereocenters. The van der Waals surface area contributed by atoms with Crippen molar-refractivity contribution in [1.82, 2.24) is 10.0 Å². The first-order valence-electron chi connectivity index (χ1n) is 6.98. The van der Waals surface area contributed by atoms with Gasteiger partial charge in [0.25, 0.3) is 0 Å². The van der Waals surface area contributed by atoms with Crippen LogP contribution in [0.15, 0.2) is 0 Å². The number of rotatable bonds is 8. The Bertz CT molecular complexity index is 336. The third kappa shape index (κ3) is 5.91. The van der Waals surface area contributed by atoms with Gasteiger partial charge in [-0.2, -0.15) is 11.8 Å². The number of nitrogens with one attached hydrogen (secondary N) is 2. The van der Waals surface area contributed by atoms with Gasteiger partial charge in [0.05, 0.1) is 5.75 Å². The lowest BCUT2D eigenvalue weighted by atomic mass is 10.2. The Hall–Kier alpha value is 0.220. The standard InChI is InChI=1S/C12H24N2O2S2/c15-18(16,9-3-7-13-11-5-6-11)14-10-12-4-1-2-8-17-12/h11-14H,1-10H2. The van der Waals surface area contributed by atoms with Crippen LogP contribution in [-0.2, 0) is 10.0 Å². The lowest BCUT2D eigenvalue weighted by Gasteiger charge is -2.21. The van der Waals surface area contributed by atoms with Crippen molar-refractivity contribution >= 4 is 21.8 Å². The fraction of sp³-hybridized carbons (Fsp3) is 1.00. The van der Waals surface area contributed by atoms with Gasteiger partial charge >= 0.3 is 0 Å². The Kier molecular flexibility index (Phi) is 5.79. The average Bonchev–Trinajstić information content (AvgIpc) is 3.18. The molecule has 1 atom stereocenters. The Morgan fingerprint density at radius 1 is 1.17 bits per heavy atom. The highest BCUT2D eigenvalue weighted by Crippen LogP contribution is 2.24. The molecule has 1 saturated carbocycles. The fourth-order valence-corrected chi connectivity index (χ4v) is 4.58. The van der Waals surface area contributed by atoms with Gasteiger partial charge < -0.3 is 5.32 Å². The summed E-state index contributed by atoms with van der Waals surface area (Å²) in [5, 5.41) is 3.82. The lowest BCUT2D eigenvalue weighted by molar-refractivity contribution is 0.567. The quantitative estimate of drug-likeness (QED) is 0.663. The predicted octanol–water partition coefficient (Wildman–Crippen LogP) is 1.33. The Morgan fingerprint density at radius 3 is 2.67 bits per heavy atom. The summed E-state index contributed by atoms with van der Waals surface area (Å²) >= 11 is 1.91. The van der Waals surface area contributed by atoms with Gasteiger partial charge in [-0.25, -0.2) is 13.1 Å². The van der Waals surface area contributed by atoms with Crippen molar-refractivity contribution in [3.63, 3.8) is 0 Å². The van der Waals surface area contributed by atoms with Crippen LogP contribution in [0.25, 0.3) is 0 Å². The third-order valence-electron chi connectivity index (χ3n) is 3.41. The molecule has 4 nitrogen and oxygen atoms in total. The zero-order valence-corrected chi connectivity index (χ0v) is 12.5. The van der Waals surface area contributed by atoms with E-state index in [-0.39, 0.29) is 5.75 Å². The topological polar surface area (TPSA) is 58.2 Å². The molecule has 0 aromatic heterocycles. The zero-order valence-electron chi connectivity index (χ0n) is 10.9. The maximum Gasteiger partial charge on any atom is 0.211 e. The van der Waals surface area contributed by atoms with Gasteiger partial charge in [-0.05, 0) is 44.4 Å². The predicted molar refractivity (Wildman–Crippen MR) is 77.5 cm³/mol. The van der Waals surface area contributed by atoms with Gasteiger partial charge in [0.1, 0.15) is 0 Å². The van der Waals surface area contributed by atoms with E-state index in [0.717, 1.165) is 13.0 Å². The molecular formula is C12H24N2O2S2. The number of sulfonamides is 1. The molecule has 1 heterocycles. The van der Waals surface area contributed by atoms with E-state index in [2.05, 4.69) is 10.0 Å². The van der Waals surface area contributed by atoms with Crippen LogP contribution < -0.4 is 10.0 Å². The molecule has 2 rings (SSSR count). The van der Waals surface area contributed by atoms with Crippen LogP contribution in [0, 0.1) is 0 Å². The van der Waals surface area contributed by atoms with Crippen molar-refractivity contribution in [2.75, 3.05) is 24.6 Å². The maximum atomic E-state index is 11.8. The van der Waals surface area contributed by atoms with Crippen molar-refractivity contribution in [3.05, 3.63) is 0 Å². The van der Waals surface area contributed by atoms with E-state index in [1.165, 1.54) is 31.4 Å². The molecule has 0 spiro atoms. The zero-order chi connectivity index (χ0) is 12.8. The normalized spacial score (nSPS) is 25.2. The fourth-order valence-electron chi connectivity index (χ4n) is 2.12. The molecule has 0 aromatic rings. The largest absolute Gasteiger partial charge is 0.314 e. The SMILES string of the molecule is O=S(=O)(CCCNC1CC1)NCC1CCCCS1. The van der Waals surface area contributed by atoms with Crippen LogP contribution in [0.1, 0.15) is 38.5 Å². The molecule has 2 N–H and O–H groups in total. The van der Waals surface area contributed by atoms with Crippen molar-refractivity contribution in [1.29, 1.82) is 0 Å². The van der Waals surface area contributed by atoms with Crippen LogP contribution >= 0.6 is 11.8 Å². The molecule has 0 bridgehead atoms. The van der Waals surface area contributed by atoms with Crippen LogP contribution in [0.4, 0.5) is 0 Å². The molecule has 0 radical (unpaired) electrons. The van der Waals surface area contributed by atoms with Crippen molar-refractivity contribution in [3.8, 4) is 0 Å². The second-order valence-electron chi connectivity index (χ2n) is 5.24. The Balaban J connectivity index is 1.56. The highest BCUT2D eigenvalue weighted by molar-refractivity contribution is 8.00. The van der Waals surface area contributed by atoms with E-state index in [4.69, 9.17) is 0 Å². The molecular weight excluding hydrogens is 268 g/mol. The lowest BCUT2D eigenvalue weighted by Crippen LogP contribution is -2.34. The van der Waals surface area contributed by atoms with E-state index in [9.17, 15) is 8.42 Å². The summed E-state index contributed by atoms with van der Waals surface area (Å²) in [4.78, 5) is 0. The molecule has 0 amide bonds. The number of hydrogen-bond acceptors (Lipinski definition) is 4. The Labute approximate surface area is 115 Å². The van der Waals surface area contributed by atoms with Crippen molar-refractivity contribution in [2.24, 2.45) is 0 Å². The van der Waals surface area contributed by atoms with Gasteiger partial charge in [-0.3, -0.25) is 0 Å². The minimum atomic E-state index is -3.06. The van der Waals surface area contributed by atoms with E-state index in [1.807, 2.05) is 11.8 Å². The summed E-state index contributed by atoms with van der Waals surface area (Å²) < 4.78 is 26.3. The van der Waals surface area contributed by atoms with Crippen LogP contribution in [0.3, 0.4) is 0 Å². The number of hydrogen-bond donors (Lipinski definition) is 2. The van der Waals surface area contributed by atoms with E-state index in [0.29, 0.717) is 24.3 Å². The second kappa shape index (κ2) is 7.12.